The number of likely N-dealkylation sites (tertiary alicyclic amines) is 1. The molecular weight excluding hydrogens is 344 g/mol. The fourth-order valence-electron chi connectivity index (χ4n) is 3.29. The second kappa shape index (κ2) is 7.85. The summed E-state index contributed by atoms with van der Waals surface area (Å²) in [5, 5.41) is 7.19. The monoisotopic (exact) mass is 366 g/mol. The Labute approximate surface area is 157 Å². The molecule has 2 heterocycles. The molecule has 1 aliphatic heterocycles. The predicted octanol–water partition coefficient (Wildman–Crippen LogP) is 3.81. The van der Waals surface area contributed by atoms with Gasteiger partial charge in [-0.05, 0) is 37.1 Å². The molecule has 2 aromatic carbocycles. The van der Waals surface area contributed by atoms with Gasteiger partial charge in [-0.2, -0.15) is 0 Å². The lowest BCUT2D eigenvalue weighted by atomic mass is 10.0. The Kier molecular flexibility index (Phi) is 5.13. The zero-order chi connectivity index (χ0) is 17.8. The van der Waals surface area contributed by atoms with Crippen LogP contribution in [0.5, 0.6) is 0 Å². The van der Waals surface area contributed by atoms with Crippen molar-refractivity contribution < 1.29 is 4.79 Å². The molecule has 0 aliphatic carbocycles. The van der Waals surface area contributed by atoms with E-state index in [1.807, 2.05) is 42.5 Å². The Morgan fingerprint density at radius 3 is 2.58 bits per heavy atom. The Hall–Kier alpha value is -2.44. The fraction of sp³-hybridized carbons (Fsp3) is 0.300. The number of anilines is 2. The Morgan fingerprint density at radius 1 is 1.08 bits per heavy atom. The van der Waals surface area contributed by atoms with E-state index < -0.39 is 0 Å². The summed E-state index contributed by atoms with van der Waals surface area (Å²) in [6, 6.07) is 18.7. The van der Waals surface area contributed by atoms with Gasteiger partial charge in [-0.15, -0.1) is 0 Å². The first-order valence-corrected chi connectivity index (χ1v) is 9.77. The van der Waals surface area contributed by atoms with E-state index in [2.05, 4.69) is 32.7 Å². The van der Waals surface area contributed by atoms with Crippen molar-refractivity contribution in [2.24, 2.45) is 0 Å². The topological polar surface area (TPSA) is 57.3 Å². The number of fused-ring (bicyclic) bond motifs is 1. The summed E-state index contributed by atoms with van der Waals surface area (Å²) in [7, 11) is 0. The van der Waals surface area contributed by atoms with E-state index in [1.54, 1.807) is 0 Å². The third-order valence-corrected chi connectivity index (χ3v) is 5.59. The average Bonchev–Trinajstić information content (AvgIpc) is 3.06. The third-order valence-electron chi connectivity index (χ3n) is 4.64. The number of thiazole rings is 1. The Bertz CT molecular complexity index is 839. The maximum Gasteiger partial charge on any atom is 0.240 e. The van der Waals surface area contributed by atoms with Gasteiger partial charge >= 0.3 is 0 Å². The molecule has 0 spiro atoms. The second-order valence-corrected chi connectivity index (χ2v) is 7.63. The van der Waals surface area contributed by atoms with Crippen LogP contribution in [-0.4, -0.2) is 41.5 Å². The smallest absolute Gasteiger partial charge is 0.240 e. The van der Waals surface area contributed by atoms with Crippen molar-refractivity contribution in [2.75, 3.05) is 30.3 Å². The number of nitrogens with one attached hydrogen (secondary N) is 2. The van der Waals surface area contributed by atoms with Crippen molar-refractivity contribution in [3.05, 3.63) is 54.6 Å². The van der Waals surface area contributed by atoms with Crippen molar-refractivity contribution in [2.45, 2.75) is 18.9 Å². The van der Waals surface area contributed by atoms with Gasteiger partial charge < -0.3 is 10.6 Å². The lowest BCUT2D eigenvalue weighted by molar-refractivity contribution is -0.117. The minimum Gasteiger partial charge on any atom is -0.382 e. The number of carbonyl (C=O) groups excluding carboxylic acids is 1. The molecule has 3 aromatic rings. The highest BCUT2D eigenvalue weighted by Gasteiger charge is 2.21. The van der Waals surface area contributed by atoms with E-state index in [-0.39, 0.29) is 5.91 Å². The van der Waals surface area contributed by atoms with Gasteiger partial charge in [0.05, 0.1) is 16.8 Å². The molecule has 1 aromatic heterocycles. The standard InChI is InChI=1S/C20H22N4OS/c25-19(23-20-22-17-8-4-5-9-18(17)26-20)14-24-12-10-16(11-13-24)21-15-6-2-1-3-7-15/h1-9,16,21H,10-14H2,(H,22,23,25). The SMILES string of the molecule is O=C(CN1CCC(Nc2ccccc2)CC1)Nc1nc2ccccc2s1. The van der Waals surface area contributed by atoms with Gasteiger partial charge in [-0.1, -0.05) is 41.7 Å². The van der Waals surface area contributed by atoms with Crippen LogP contribution in [0, 0.1) is 0 Å². The largest absolute Gasteiger partial charge is 0.382 e. The molecule has 1 fully saturated rings. The lowest BCUT2D eigenvalue weighted by Gasteiger charge is -2.32. The van der Waals surface area contributed by atoms with Gasteiger partial charge in [0, 0.05) is 24.8 Å². The molecule has 1 amide bonds. The minimum atomic E-state index is 0.0125. The van der Waals surface area contributed by atoms with E-state index in [0.29, 0.717) is 17.7 Å². The van der Waals surface area contributed by atoms with Crippen molar-refractivity contribution in [3.8, 4) is 0 Å². The average molecular weight is 366 g/mol. The first kappa shape index (κ1) is 17.0. The van der Waals surface area contributed by atoms with E-state index in [9.17, 15) is 4.79 Å². The van der Waals surface area contributed by atoms with Crippen LogP contribution < -0.4 is 10.6 Å². The summed E-state index contributed by atoms with van der Waals surface area (Å²) in [6.45, 7) is 2.28. The van der Waals surface area contributed by atoms with E-state index in [1.165, 1.54) is 17.0 Å². The third kappa shape index (κ3) is 4.20. The van der Waals surface area contributed by atoms with Crippen LogP contribution in [-0.2, 0) is 4.79 Å². The molecular formula is C20H22N4OS. The summed E-state index contributed by atoms with van der Waals surface area (Å²) < 4.78 is 1.09. The van der Waals surface area contributed by atoms with Gasteiger partial charge in [-0.3, -0.25) is 9.69 Å². The fourth-order valence-corrected chi connectivity index (χ4v) is 4.18. The quantitative estimate of drug-likeness (QED) is 0.721. The van der Waals surface area contributed by atoms with E-state index >= 15 is 0 Å². The molecule has 26 heavy (non-hydrogen) atoms. The number of benzene rings is 2. The van der Waals surface area contributed by atoms with Gasteiger partial charge in [0.15, 0.2) is 5.13 Å². The summed E-state index contributed by atoms with van der Waals surface area (Å²) in [5.74, 6) is 0.0125. The van der Waals surface area contributed by atoms with Crippen LogP contribution in [0.25, 0.3) is 10.2 Å². The number of piperidine rings is 1. The van der Waals surface area contributed by atoms with Gasteiger partial charge in [0.2, 0.25) is 5.91 Å². The molecule has 0 atom stereocenters. The van der Waals surface area contributed by atoms with Gasteiger partial charge in [0.1, 0.15) is 0 Å². The van der Waals surface area contributed by atoms with Crippen molar-refractivity contribution in [1.82, 2.24) is 9.88 Å². The molecule has 5 nitrogen and oxygen atoms in total. The summed E-state index contributed by atoms with van der Waals surface area (Å²) >= 11 is 1.52. The van der Waals surface area contributed by atoms with E-state index in [0.717, 1.165) is 36.1 Å². The number of rotatable bonds is 5. The normalized spacial score (nSPS) is 15.8. The molecule has 6 heteroatoms. The molecule has 0 bridgehead atoms. The Balaban J connectivity index is 1.25. The molecule has 1 aliphatic rings. The molecule has 134 valence electrons. The first-order chi connectivity index (χ1) is 12.8. The number of nitrogens with zero attached hydrogens (tertiary/aromatic N) is 2. The molecule has 0 saturated carbocycles. The predicted molar refractivity (Wildman–Crippen MR) is 108 cm³/mol. The highest BCUT2D eigenvalue weighted by molar-refractivity contribution is 7.22. The summed E-state index contributed by atoms with van der Waals surface area (Å²) in [6.07, 6.45) is 2.09. The van der Waals surface area contributed by atoms with Crippen LogP contribution >= 0.6 is 11.3 Å². The molecule has 0 unspecified atom stereocenters. The molecule has 4 rings (SSSR count). The molecule has 1 saturated heterocycles. The zero-order valence-corrected chi connectivity index (χ0v) is 15.3. The number of aromatic nitrogens is 1. The first-order valence-electron chi connectivity index (χ1n) is 8.96. The van der Waals surface area contributed by atoms with E-state index in [4.69, 9.17) is 0 Å². The summed E-state index contributed by atoms with van der Waals surface area (Å²) in [5.41, 5.74) is 2.10. The van der Waals surface area contributed by atoms with Crippen LogP contribution in [0.1, 0.15) is 12.8 Å². The van der Waals surface area contributed by atoms with Crippen LogP contribution in [0.15, 0.2) is 54.6 Å². The van der Waals surface area contributed by atoms with Crippen LogP contribution in [0.3, 0.4) is 0 Å². The zero-order valence-electron chi connectivity index (χ0n) is 14.5. The number of amides is 1. The summed E-state index contributed by atoms with van der Waals surface area (Å²) in [4.78, 5) is 19.0. The van der Waals surface area contributed by atoms with Crippen LogP contribution in [0.4, 0.5) is 10.8 Å². The number of para-hydroxylation sites is 2. The number of hydrogen-bond donors (Lipinski definition) is 2. The maximum atomic E-state index is 12.3. The Morgan fingerprint density at radius 2 is 1.81 bits per heavy atom. The highest BCUT2D eigenvalue weighted by atomic mass is 32.1. The maximum absolute atomic E-state index is 12.3. The van der Waals surface area contributed by atoms with Gasteiger partial charge in [-0.25, -0.2) is 4.98 Å². The number of hydrogen-bond acceptors (Lipinski definition) is 5. The highest BCUT2D eigenvalue weighted by Crippen LogP contribution is 2.25. The van der Waals surface area contributed by atoms with Crippen molar-refractivity contribution >= 4 is 38.3 Å². The molecule has 0 radical (unpaired) electrons. The van der Waals surface area contributed by atoms with Gasteiger partial charge in [0.25, 0.3) is 0 Å². The van der Waals surface area contributed by atoms with Crippen molar-refractivity contribution in [3.63, 3.8) is 0 Å². The minimum absolute atomic E-state index is 0.0125. The number of carbonyl (C=O) groups is 1. The lowest BCUT2D eigenvalue weighted by Crippen LogP contribution is -2.42. The van der Waals surface area contributed by atoms with Crippen molar-refractivity contribution in [1.29, 1.82) is 0 Å². The molecule has 2 N–H and O–H groups in total. The van der Waals surface area contributed by atoms with Crippen LogP contribution in [0.2, 0.25) is 0 Å². The second-order valence-electron chi connectivity index (χ2n) is 6.60.